The maximum absolute atomic E-state index is 6.09. The Morgan fingerprint density at radius 2 is 1.94 bits per heavy atom. The van der Waals surface area contributed by atoms with E-state index < -0.39 is 0 Å². The molecule has 1 aliphatic heterocycles. The predicted octanol–water partition coefficient (Wildman–Crippen LogP) is 2.24. The third-order valence-electron chi connectivity index (χ3n) is 3.77. The Balaban J connectivity index is 2.03. The van der Waals surface area contributed by atoms with Crippen molar-refractivity contribution in [2.24, 2.45) is 11.7 Å². The van der Waals surface area contributed by atoms with Crippen molar-refractivity contribution in [3.8, 4) is 0 Å². The molecule has 3 atom stereocenters. The molecular weight excluding hydrogens is 196 g/mol. The topological polar surface area (TPSA) is 29.3 Å². The van der Waals surface area contributed by atoms with E-state index in [2.05, 4.69) is 49.1 Å². The van der Waals surface area contributed by atoms with Crippen molar-refractivity contribution < 1.29 is 0 Å². The first kappa shape index (κ1) is 11.6. The zero-order valence-corrected chi connectivity index (χ0v) is 10.3. The second-order valence-electron chi connectivity index (χ2n) is 5.13. The van der Waals surface area contributed by atoms with Gasteiger partial charge in [0.25, 0.3) is 0 Å². The van der Waals surface area contributed by atoms with Gasteiger partial charge in [0.2, 0.25) is 0 Å². The Kier molecular flexibility index (Phi) is 3.62. The Hall–Kier alpha value is -0.860. The normalized spacial score (nSPS) is 31.6. The minimum Gasteiger partial charge on any atom is -0.327 e. The van der Waals surface area contributed by atoms with Crippen molar-refractivity contribution in [2.75, 3.05) is 6.54 Å². The molecule has 1 heterocycles. The summed E-state index contributed by atoms with van der Waals surface area (Å²) in [5.41, 5.74) is 7.47. The van der Waals surface area contributed by atoms with Gasteiger partial charge in [-0.2, -0.15) is 0 Å². The predicted molar refractivity (Wildman–Crippen MR) is 68.1 cm³/mol. The summed E-state index contributed by atoms with van der Waals surface area (Å²) in [6.45, 7) is 6.68. The van der Waals surface area contributed by atoms with Crippen LogP contribution in [0.4, 0.5) is 0 Å². The van der Waals surface area contributed by atoms with E-state index in [4.69, 9.17) is 5.73 Å². The molecule has 16 heavy (non-hydrogen) atoms. The lowest BCUT2D eigenvalue weighted by atomic mass is 9.89. The maximum atomic E-state index is 6.09. The van der Waals surface area contributed by atoms with Crippen LogP contribution < -0.4 is 5.73 Å². The fourth-order valence-electron chi connectivity index (χ4n) is 2.60. The van der Waals surface area contributed by atoms with Crippen LogP contribution in [0.1, 0.15) is 25.8 Å². The highest BCUT2D eigenvalue weighted by atomic mass is 15.2. The highest BCUT2D eigenvalue weighted by Gasteiger charge is 2.28. The number of likely N-dealkylation sites (tertiary alicyclic amines) is 1. The fourth-order valence-corrected chi connectivity index (χ4v) is 2.60. The first-order valence-electron chi connectivity index (χ1n) is 6.20. The van der Waals surface area contributed by atoms with Gasteiger partial charge < -0.3 is 5.73 Å². The highest BCUT2D eigenvalue weighted by Crippen LogP contribution is 2.23. The SMILES string of the molecule is C[C@@H]1C[C@H](N)CN(Cc2ccccc2)[C@@H]1C. The van der Waals surface area contributed by atoms with Crippen molar-refractivity contribution in [1.82, 2.24) is 4.90 Å². The minimum absolute atomic E-state index is 0.343. The van der Waals surface area contributed by atoms with Crippen LogP contribution in [0.25, 0.3) is 0 Å². The Morgan fingerprint density at radius 1 is 1.25 bits per heavy atom. The Morgan fingerprint density at radius 3 is 2.62 bits per heavy atom. The van der Waals surface area contributed by atoms with Crippen molar-refractivity contribution in [3.05, 3.63) is 35.9 Å². The van der Waals surface area contributed by atoms with Crippen LogP contribution in [0.2, 0.25) is 0 Å². The lowest BCUT2D eigenvalue weighted by Gasteiger charge is -2.41. The van der Waals surface area contributed by atoms with E-state index >= 15 is 0 Å². The van der Waals surface area contributed by atoms with Crippen LogP contribution in [-0.4, -0.2) is 23.5 Å². The fraction of sp³-hybridized carbons (Fsp3) is 0.571. The van der Waals surface area contributed by atoms with Crippen LogP contribution in [0.15, 0.2) is 30.3 Å². The van der Waals surface area contributed by atoms with E-state index in [1.54, 1.807) is 0 Å². The second-order valence-corrected chi connectivity index (χ2v) is 5.13. The number of benzene rings is 1. The van der Waals surface area contributed by atoms with Gasteiger partial charge in [-0.15, -0.1) is 0 Å². The third-order valence-corrected chi connectivity index (χ3v) is 3.77. The van der Waals surface area contributed by atoms with E-state index in [0.717, 1.165) is 19.5 Å². The highest BCUT2D eigenvalue weighted by molar-refractivity contribution is 5.14. The summed E-state index contributed by atoms with van der Waals surface area (Å²) in [4.78, 5) is 2.51. The molecule has 0 radical (unpaired) electrons. The summed E-state index contributed by atoms with van der Waals surface area (Å²) in [6, 6.07) is 11.6. The molecule has 0 amide bonds. The summed E-state index contributed by atoms with van der Waals surface area (Å²) in [5, 5.41) is 0. The van der Waals surface area contributed by atoms with Gasteiger partial charge in [0.05, 0.1) is 0 Å². The van der Waals surface area contributed by atoms with Crippen molar-refractivity contribution in [3.63, 3.8) is 0 Å². The van der Waals surface area contributed by atoms with Gasteiger partial charge in [-0.3, -0.25) is 4.90 Å². The van der Waals surface area contributed by atoms with E-state index in [-0.39, 0.29) is 0 Å². The third kappa shape index (κ3) is 2.63. The van der Waals surface area contributed by atoms with Crippen LogP contribution >= 0.6 is 0 Å². The summed E-state index contributed by atoms with van der Waals surface area (Å²) in [5.74, 6) is 0.701. The molecule has 2 nitrogen and oxygen atoms in total. The molecule has 0 spiro atoms. The lowest BCUT2D eigenvalue weighted by Crippen LogP contribution is -2.50. The number of hydrogen-bond acceptors (Lipinski definition) is 2. The van der Waals surface area contributed by atoms with Gasteiger partial charge in [-0.05, 0) is 24.8 Å². The number of nitrogens with two attached hydrogens (primary N) is 1. The van der Waals surface area contributed by atoms with Crippen LogP contribution in [0.3, 0.4) is 0 Å². The van der Waals surface area contributed by atoms with Crippen LogP contribution in [0.5, 0.6) is 0 Å². The average Bonchev–Trinajstić information content (AvgIpc) is 2.27. The number of hydrogen-bond donors (Lipinski definition) is 1. The molecule has 1 aromatic rings. The van der Waals surface area contributed by atoms with Crippen molar-refractivity contribution in [1.29, 1.82) is 0 Å². The molecule has 88 valence electrons. The first-order valence-corrected chi connectivity index (χ1v) is 6.20. The van der Waals surface area contributed by atoms with Gasteiger partial charge in [0.15, 0.2) is 0 Å². The molecule has 1 fully saturated rings. The maximum Gasteiger partial charge on any atom is 0.0237 e. The molecule has 1 aromatic carbocycles. The standard InChI is InChI=1S/C14H22N2/c1-11-8-14(15)10-16(12(11)2)9-13-6-4-3-5-7-13/h3-7,11-12,14H,8-10,15H2,1-2H3/t11-,12-,14+/m1/s1. The van der Waals surface area contributed by atoms with E-state index in [1.165, 1.54) is 5.56 Å². The zero-order chi connectivity index (χ0) is 11.5. The smallest absolute Gasteiger partial charge is 0.0237 e. The molecule has 1 saturated heterocycles. The Labute approximate surface area is 98.4 Å². The largest absolute Gasteiger partial charge is 0.327 e. The van der Waals surface area contributed by atoms with E-state index in [1.807, 2.05) is 0 Å². The van der Waals surface area contributed by atoms with E-state index in [0.29, 0.717) is 18.0 Å². The van der Waals surface area contributed by atoms with Gasteiger partial charge in [0.1, 0.15) is 0 Å². The molecule has 0 aromatic heterocycles. The quantitative estimate of drug-likeness (QED) is 0.825. The number of nitrogens with zero attached hydrogens (tertiary/aromatic N) is 1. The molecular formula is C14H22N2. The number of rotatable bonds is 2. The number of piperidine rings is 1. The van der Waals surface area contributed by atoms with Crippen molar-refractivity contribution >= 4 is 0 Å². The molecule has 0 aliphatic carbocycles. The minimum atomic E-state index is 0.343. The van der Waals surface area contributed by atoms with Crippen LogP contribution in [0, 0.1) is 5.92 Å². The van der Waals surface area contributed by atoms with E-state index in [9.17, 15) is 0 Å². The summed E-state index contributed by atoms with van der Waals surface area (Å²) >= 11 is 0. The monoisotopic (exact) mass is 218 g/mol. The lowest BCUT2D eigenvalue weighted by molar-refractivity contribution is 0.0925. The summed E-state index contributed by atoms with van der Waals surface area (Å²) in [6.07, 6.45) is 1.16. The second kappa shape index (κ2) is 4.98. The van der Waals surface area contributed by atoms with Gasteiger partial charge in [-0.25, -0.2) is 0 Å². The van der Waals surface area contributed by atoms with Gasteiger partial charge in [-0.1, -0.05) is 37.3 Å². The molecule has 2 N–H and O–H groups in total. The molecule has 0 bridgehead atoms. The summed E-state index contributed by atoms with van der Waals surface area (Å²) < 4.78 is 0. The molecule has 0 unspecified atom stereocenters. The molecule has 0 saturated carbocycles. The average molecular weight is 218 g/mol. The van der Waals surface area contributed by atoms with Gasteiger partial charge >= 0.3 is 0 Å². The molecule has 1 aliphatic rings. The molecule has 2 heteroatoms. The van der Waals surface area contributed by atoms with Gasteiger partial charge in [0, 0.05) is 25.2 Å². The summed E-state index contributed by atoms with van der Waals surface area (Å²) in [7, 11) is 0. The zero-order valence-electron chi connectivity index (χ0n) is 10.3. The van der Waals surface area contributed by atoms with Crippen molar-refractivity contribution in [2.45, 2.75) is 38.9 Å². The molecule has 2 rings (SSSR count). The Bertz CT molecular complexity index is 323. The first-order chi connectivity index (χ1) is 7.66. The van der Waals surface area contributed by atoms with Crippen LogP contribution in [-0.2, 0) is 6.54 Å².